The molecule has 3 aromatic carbocycles. The molecule has 0 saturated carbocycles. The first kappa shape index (κ1) is 16.2. The maximum atomic E-state index is 6.24. The van der Waals surface area contributed by atoms with Crippen LogP contribution in [0.3, 0.4) is 0 Å². The molecule has 0 aromatic heterocycles. The molecule has 0 fully saturated rings. The van der Waals surface area contributed by atoms with Crippen molar-refractivity contribution in [3.05, 3.63) is 77.3 Å². The first-order valence-corrected chi connectivity index (χ1v) is 8.97. The second-order valence-electron chi connectivity index (χ2n) is 6.41. The molecular formula is C22H20ClNO. The van der Waals surface area contributed by atoms with Crippen LogP contribution in [0.2, 0.25) is 5.02 Å². The molecule has 1 aliphatic rings. The molecule has 0 saturated heterocycles. The molecule has 0 aliphatic carbocycles. The SMILES string of the molecule is NCCC1Cc2cc(-c3ccccc3)cc(-c3cccc(Cl)c3)c2O1. The Morgan fingerprint density at radius 3 is 2.48 bits per heavy atom. The monoisotopic (exact) mass is 349 g/mol. The van der Waals surface area contributed by atoms with Gasteiger partial charge in [-0.3, -0.25) is 0 Å². The van der Waals surface area contributed by atoms with Crippen LogP contribution < -0.4 is 10.5 Å². The Labute approximate surface area is 153 Å². The number of halogens is 1. The largest absolute Gasteiger partial charge is 0.489 e. The van der Waals surface area contributed by atoms with E-state index in [0.717, 1.165) is 34.7 Å². The van der Waals surface area contributed by atoms with E-state index in [2.05, 4.69) is 42.5 Å². The van der Waals surface area contributed by atoms with Gasteiger partial charge >= 0.3 is 0 Å². The molecule has 1 unspecified atom stereocenters. The summed E-state index contributed by atoms with van der Waals surface area (Å²) in [6.07, 6.45) is 1.93. The van der Waals surface area contributed by atoms with E-state index in [9.17, 15) is 0 Å². The zero-order chi connectivity index (χ0) is 17.2. The van der Waals surface area contributed by atoms with Crippen molar-refractivity contribution in [2.45, 2.75) is 18.9 Å². The first-order valence-electron chi connectivity index (χ1n) is 8.59. The molecule has 1 heterocycles. The Hall–Kier alpha value is -2.29. The van der Waals surface area contributed by atoms with Gasteiger partial charge in [0.15, 0.2) is 0 Å². The minimum atomic E-state index is 0.156. The van der Waals surface area contributed by atoms with E-state index in [1.807, 2.05) is 24.3 Å². The van der Waals surface area contributed by atoms with Gasteiger partial charge in [-0.2, -0.15) is 0 Å². The van der Waals surface area contributed by atoms with Crippen LogP contribution in [-0.4, -0.2) is 12.6 Å². The van der Waals surface area contributed by atoms with Gasteiger partial charge < -0.3 is 10.5 Å². The Morgan fingerprint density at radius 1 is 0.920 bits per heavy atom. The zero-order valence-corrected chi connectivity index (χ0v) is 14.7. The predicted octanol–water partition coefficient (Wildman–Crippen LogP) is 5.33. The molecule has 4 rings (SSSR count). The van der Waals surface area contributed by atoms with E-state index >= 15 is 0 Å². The second-order valence-corrected chi connectivity index (χ2v) is 6.85. The van der Waals surface area contributed by atoms with E-state index in [-0.39, 0.29) is 6.10 Å². The summed E-state index contributed by atoms with van der Waals surface area (Å²) in [6, 6.07) is 22.8. The molecule has 0 amide bonds. The molecule has 25 heavy (non-hydrogen) atoms. The number of hydrogen-bond donors (Lipinski definition) is 1. The van der Waals surface area contributed by atoms with Crippen molar-refractivity contribution in [1.82, 2.24) is 0 Å². The molecule has 1 atom stereocenters. The standard InChI is InChI=1S/C22H20ClNO/c23-19-8-4-7-16(12-19)21-14-17(15-5-2-1-3-6-15)11-18-13-20(9-10-24)25-22(18)21/h1-8,11-12,14,20H,9-10,13,24H2. The fraction of sp³-hybridized carbons (Fsp3) is 0.182. The fourth-order valence-corrected chi connectivity index (χ4v) is 3.64. The summed E-state index contributed by atoms with van der Waals surface area (Å²) >= 11 is 6.22. The summed E-state index contributed by atoms with van der Waals surface area (Å²) in [4.78, 5) is 0. The molecule has 1 aliphatic heterocycles. The van der Waals surface area contributed by atoms with E-state index in [1.54, 1.807) is 0 Å². The highest BCUT2D eigenvalue weighted by Crippen LogP contribution is 2.43. The molecule has 2 N–H and O–H groups in total. The third kappa shape index (κ3) is 3.28. The maximum Gasteiger partial charge on any atom is 0.130 e. The van der Waals surface area contributed by atoms with E-state index in [4.69, 9.17) is 22.1 Å². The van der Waals surface area contributed by atoms with Crippen molar-refractivity contribution in [3.8, 4) is 28.0 Å². The van der Waals surface area contributed by atoms with Crippen molar-refractivity contribution < 1.29 is 4.74 Å². The highest BCUT2D eigenvalue weighted by molar-refractivity contribution is 6.30. The van der Waals surface area contributed by atoms with Crippen LogP contribution in [0.1, 0.15) is 12.0 Å². The molecule has 3 aromatic rings. The Balaban J connectivity index is 1.86. The topological polar surface area (TPSA) is 35.2 Å². The van der Waals surface area contributed by atoms with Crippen LogP contribution in [0.4, 0.5) is 0 Å². The summed E-state index contributed by atoms with van der Waals surface area (Å²) in [5.41, 5.74) is 11.6. The average Bonchev–Trinajstić information content (AvgIpc) is 3.04. The van der Waals surface area contributed by atoms with Crippen molar-refractivity contribution in [1.29, 1.82) is 0 Å². The zero-order valence-electron chi connectivity index (χ0n) is 13.9. The van der Waals surface area contributed by atoms with E-state index in [0.29, 0.717) is 6.54 Å². The molecule has 0 bridgehead atoms. The van der Waals surface area contributed by atoms with Gasteiger partial charge in [0.05, 0.1) is 0 Å². The normalized spacial score (nSPS) is 15.7. The number of hydrogen-bond acceptors (Lipinski definition) is 2. The van der Waals surface area contributed by atoms with Gasteiger partial charge in [-0.15, -0.1) is 0 Å². The number of rotatable bonds is 4. The quantitative estimate of drug-likeness (QED) is 0.691. The van der Waals surface area contributed by atoms with Gasteiger partial charge in [-0.1, -0.05) is 54.1 Å². The van der Waals surface area contributed by atoms with E-state index in [1.165, 1.54) is 16.7 Å². The van der Waals surface area contributed by atoms with Gasteiger partial charge in [0.25, 0.3) is 0 Å². The minimum Gasteiger partial charge on any atom is -0.489 e. The summed E-state index contributed by atoms with van der Waals surface area (Å²) < 4.78 is 6.24. The van der Waals surface area contributed by atoms with Crippen LogP contribution in [0.25, 0.3) is 22.3 Å². The van der Waals surface area contributed by atoms with Crippen molar-refractivity contribution in [2.24, 2.45) is 5.73 Å². The second kappa shape index (κ2) is 6.91. The summed E-state index contributed by atoms with van der Waals surface area (Å²) in [6.45, 7) is 0.636. The summed E-state index contributed by atoms with van der Waals surface area (Å²) in [5, 5.41) is 0.730. The van der Waals surface area contributed by atoms with Gasteiger partial charge in [-0.05, 0) is 59.5 Å². The minimum absolute atomic E-state index is 0.156. The molecule has 126 valence electrons. The number of ether oxygens (including phenoxy) is 1. The molecule has 2 nitrogen and oxygen atoms in total. The number of benzene rings is 3. The Morgan fingerprint density at radius 2 is 1.72 bits per heavy atom. The van der Waals surface area contributed by atoms with E-state index < -0.39 is 0 Å². The number of fused-ring (bicyclic) bond motifs is 1. The third-order valence-electron chi connectivity index (χ3n) is 4.63. The Bertz CT molecular complexity index is 892. The third-order valence-corrected chi connectivity index (χ3v) is 4.86. The van der Waals surface area contributed by atoms with Gasteiger partial charge in [0.2, 0.25) is 0 Å². The van der Waals surface area contributed by atoms with Crippen LogP contribution in [0, 0.1) is 0 Å². The van der Waals surface area contributed by atoms with Crippen molar-refractivity contribution in [2.75, 3.05) is 6.54 Å². The fourth-order valence-electron chi connectivity index (χ4n) is 3.45. The van der Waals surface area contributed by atoms with Crippen LogP contribution in [0.5, 0.6) is 5.75 Å². The molecule has 0 spiro atoms. The number of nitrogens with two attached hydrogens (primary N) is 1. The first-order chi connectivity index (χ1) is 12.2. The molecular weight excluding hydrogens is 330 g/mol. The highest BCUT2D eigenvalue weighted by atomic mass is 35.5. The van der Waals surface area contributed by atoms with Gasteiger partial charge in [0.1, 0.15) is 11.9 Å². The van der Waals surface area contributed by atoms with Gasteiger partial charge in [-0.25, -0.2) is 0 Å². The predicted molar refractivity (Wildman–Crippen MR) is 104 cm³/mol. The van der Waals surface area contributed by atoms with Crippen LogP contribution in [0.15, 0.2) is 66.7 Å². The maximum absolute atomic E-state index is 6.24. The van der Waals surface area contributed by atoms with Crippen LogP contribution >= 0.6 is 11.6 Å². The van der Waals surface area contributed by atoms with Gasteiger partial charge in [0, 0.05) is 17.0 Å². The lowest BCUT2D eigenvalue weighted by atomic mass is 9.94. The summed E-state index contributed by atoms with van der Waals surface area (Å²) in [5.74, 6) is 0.973. The molecule has 0 radical (unpaired) electrons. The lowest BCUT2D eigenvalue weighted by molar-refractivity contribution is 0.225. The van der Waals surface area contributed by atoms with Crippen molar-refractivity contribution >= 4 is 11.6 Å². The van der Waals surface area contributed by atoms with Crippen LogP contribution in [-0.2, 0) is 6.42 Å². The average molecular weight is 350 g/mol. The molecule has 3 heteroatoms. The Kier molecular flexibility index (Phi) is 4.48. The highest BCUT2D eigenvalue weighted by Gasteiger charge is 2.26. The van der Waals surface area contributed by atoms with Crippen molar-refractivity contribution in [3.63, 3.8) is 0 Å². The lowest BCUT2D eigenvalue weighted by Crippen LogP contribution is -2.17. The lowest BCUT2D eigenvalue weighted by Gasteiger charge is -2.14. The smallest absolute Gasteiger partial charge is 0.130 e. The summed E-state index contributed by atoms with van der Waals surface area (Å²) in [7, 11) is 0.